The Balaban J connectivity index is 1.95. The number of anilines is 1. The quantitative estimate of drug-likeness (QED) is 0.320. The van der Waals surface area contributed by atoms with Crippen molar-refractivity contribution in [1.82, 2.24) is 4.90 Å². The molecule has 30 heavy (non-hydrogen) atoms. The van der Waals surface area contributed by atoms with Gasteiger partial charge in [0, 0.05) is 24.7 Å². The molecule has 1 fully saturated rings. The fourth-order valence-electron chi connectivity index (χ4n) is 3.61. The number of benzene rings is 1. The Bertz CT molecular complexity index is 709. The Morgan fingerprint density at radius 2 is 2.00 bits per heavy atom. The van der Waals surface area contributed by atoms with E-state index in [-0.39, 0.29) is 24.5 Å². The molecule has 1 aromatic carbocycles. The summed E-state index contributed by atoms with van der Waals surface area (Å²) in [7, 11) is 1.52. The lowest BCUT2D eigenvalue weighted by Gasteiger charge is -2.35. The number of esters is 1. The molecule has 1 aromatic rings. The van der Waals surface area contributed by atoms with Crippen LogP contribution in [0.5, 0.6) is 11.5 Å². The largest absolute Gasteiger partial charge is 0.493 e. The van der Waals surface area contributed by atoms with Crippen LogP contribution in [-0.2, 0) is 9.53 Å². The highest BCUT2D eigenvalue weighted by atomic mass is 16.5. The van der Waals surface area contributed by atoms with E-state index in [2.05, 4.69) is 0 Å². The fraction of sp³-hybridized carbons (Fsp3) is 0.636. The number of hydrogen-bond donors (Lipinski definition) is 2. The number of nitrogens with zero attached hydrogens (tertiary/aromatic N) is 1. The maximum atomic E-state index is 13.0. The van der Waals surface area contributed by atoms with Gasteiger partial charge in [-0.2, -0.15) is 0 Å². The van der Waals surface area contributed by atoms with E-state index in [1.165, 1.54) is 7.11 Å². The zero-order valence-corrected chi connectivity index (χ0v) is 18.0. The predicted octanol–water partition coefficient (Wildman–Crippen LogP) is 2.77. The molecule has 1 aliphatic rings. The smallest absolute Gasteiger partial charge is 0.305 e. The minimum absolute atomic E-state index is 0.0554. The molecule has 1 amide bonds. The number of ether oxygens (including phenoxy) is 3. The third-order valence-corrected chi connectivity index (χ3v) is 5.25. The molecule has 1 saturated heterocycles. The van der Waals surface area contributed by atoms with Crippen LogP contribution in [0.15, 0.2) is 12.1 Å². The van der Waals surface area contributed by atoms with Crippen LogP contribution in [0.1, 0.15) is 62.2 Å². The number of likely N-dealkylation sites (tertiary alicyclic amines) is 1. The molecule has 8 heteroatoms. The SMILES string of the molecule is CCOC(=O)CCCCCOc1cc(N)c(C(=O)N2CCCCC2CO)cc1OC. The number of rotatable bonds is 11. The Morgan fingerprint density at radius 3 is 2.70 bits per heavy atom. The molecular weight excluding hydrogens is 388 g/mol. The van der Waals surface area contributed by atoms with Gasteiger partial charge in [-0.15, -0.1) is 0 Å². The number of carbonyl (C=O) groups excluding carboxylic acids is 2. The van der Waals surface area contributed by atoms with Crippen molar-refractivity contribution in [2.45, 2.75) is 57.9 Å². The minimum Gasteiger partial charge on any atom is -0.493 e. The third-order valence-electron chi connectivity index (χ3n) is 5.25. The summed E-state index contributed by atoms with van der Waals surface area (Å²) in [6.45, 7) is 3.20. The van der Waals surface area contributed by atoms with Crippen molar-refractivity contribution in [3.8, 4) is 11.5 Å². The van der Waals surface area contributed by atoms with Gasteiger partial charge in [0.1, 0.15) is 0 Å². The molecule has 0 radical (unpaired) electrons. The Kier molecular flexibility index (Phi) is 9.73. The van der Waals surface area contributed by atoms with E-state index in [1.54, 1.807) is 24.0 Å². The molecule has 168 valence electrons. The number of nitrogen functional groups attached to an aromatic ring is 1. The van der Waals surface area contributed by atoms with Gasteiger partial charge in [0.25, 0.3) is 5.91 Å². The second kappa shape index (κ2) is 12.3. The number of aliphatic hydroxyl groups is 1. The van der Waals surface area contributed by atoms with E-state index in [4.69, 9.17) is 19.9 Å². The lowest BCUT2D eigenvalue weighted by molar-refractivity contribution is -0.143. The van der Waals surface area contributed by atoms with Gasteiger partial charge in [0.05, 0.1) is 38.5 Å². The lowest BCUT2D eigenvalue weighted by atomic mass is 10.0. The summed E-state index contributed by atoms with van der Waals surface area (Å²) >= 11 is 0. The summed E-state index contributed by atoms with van der Waals surface area (Å²) in [5.74, 6) is 0.547. The average Bonchev–Trinajstić information content (AvgIpc) is 2.75. The number of hydrogen-bond acceptors (Lipinski definition) is 7. The highest BCUT2D eigenvalue weighted by Gasteiger charge is 2.28. The van der Waals surface area contributed by atoms with E-state index in [0.29, 0.717) is 48.9 Å². The fourth-order valence-corrected chi connectivity index (χ4v) is 3.61. The van der Waals surface area contributed by atoms with Gasteiger partial charge in [-0.25, -0.2) is 0 Å². The first-order chi connectivity index (χ1) is 14.5. The van der Waals surface area contributed by atoms with Gasteiger partial charge < -0.3 is 30.0 Å². The third kappa shape index (κ3) is 6.52. The molecule has 0 bridgehead atoms. The van der Waals surface area contributed by atoms with Gasteiger partial charge in [0.15, 0.2) is 11.5 Å². The van der Waals surface area contributed by atoms with Crippen molar-refractivity contribution in [3.63, 3.8) is 0 Å². The van der Waals surface area contributed by atoms with Crippen LogP contribution in [-0.4, -0.2) is 61.4 Å². The van der Waals surface area contributed by atoms with Gasteiger partial charge >= 0.3 is 5.97 Å². The summed E-state index contributed by atoms with van der Waals surface area (Å²) in [6.07, 6.45) is 5.47. The second-order valence-electron chi connectivity index (χ2n) is 7.39. The molecule has 1 unspecified atom stereocenters. The molecule has 0 aliphatic carbocycles. The number of aliphatic hydroxyl groups excluding tert-OH is 1. The first-order valence-electron chi connectivity index (χ1n) is 10.7. The molecule has 3 N–H and O–H groups in total. The predicted molar refractivity (Wildman–Crippen MR) is 114 cm³/mol. The van der Waals surface area contributed by atoms with Crippen LogP contribution in [0.3, 0.4) is 0 Å². The van der Waals surface area contributed by atoms with E-state index in [0.717, 1.165) is 38.5 Å². The first-order valence-corrected chi connectivity index (χ1v) is 10.7. The standard InChI is InChI=1S/C22H34N2O6/c1-3-29-21(26)10-5-4-8-12-30-20-14-18(23)17(13-19(20)28-2)22(27)24-11-7-6-9-16(24)15-25/h13-14,16,25H,3-12,15,23H2,1-2H3. The molecule has 8 nitrogen and oxygen atoms in total. The molecule has 0 saturated carbocycles. The van der Waals surface area contributed by atoms with Crippen molar-refractivity contribution < 1.29 is 28.9 Å². The Morgan fingerprint density at radius 1 is 1.20 bits per heavy atom. The molecule has 1 heterocycles. The van der Waals surface area contributed by atoms with Gasteiger partial charge in [-0.05, 0) is 51.5 Å². The van der Waals surface area contributed by atoms with Crippen molar-refractivity contribution >= 4 is 17.6 Å². The average molecular weight is 423 g/mol. The van der Waals surface area contributed by atoms with Crippen molar-refractivity contribution in [1.29, 1.82) is 0 Å². The normalized spacial score (nSPS) is 16.2. The van der Waals surface area contributed by atoms with Crippen molar-refractivity contribution in [2.75, 3.05) is 39.2 Å². The van der Waals surface area contributed by atoms with Gasteiger partial charge in [-0.1, -0.05) is 0 Å². The highest BCUT2D eigenvalue weighted by Crippen LogP contribution is 2.34. The number of carbonyl (C=O) groups is 2. The van der Waals surface area contributed by atoms with Crippen LogP contribution >= 0.6 is 0 Å². The maximum Gasteiger partial charge on any atom is 0.305 e. The molecule has 2 rings (SSSR count). The molecule has 0 spiro atoms. The summed E-state index contributed by atoms with van der Waals surface area (Å²) in [5.41, 5.74) is 6.83. The lowest BCUT2D eigenvalue weighted by Crippen LogP contribution is -2.45. The zero-order valence-electron chi connectivity index (χ0n) is 18.0. The molecule has 0 aromatic heterocycles. The van der Waals surface area contributed by atoms with Crippen molar-refractivity contribution in [2.24, 2.45) is 0 Å². The minimum atomic E-state index is -0.199. The molecule has 1 aliphatic heterocycles. The Labute approximate surface area is 178 Å². The van der Waals surface area contributed by atoms with E-state index in [9.17, 15) is 14.7 Å². The van der Waals surface area contributed by atoms with E-state index >= 15 is 0 Å². The summed E-state index contributed by atoms with van der Waals surface area (Å²) in [6, 6.07) is 3.04. The van der Waals surface area contributed by atoms with Crippen LogP contribution in [0, 0.1) is 0 Å². The van der Waals surface area contributed by atoms with Crippen LogP contribution in [0.25, 0.3) is 0 Å². The first kappa shape index (κ1) is 23.8. The monoisotopic (exact) mass is 422 g/mol. The number of unbranched alkanes of at least 4 members (excludes halogenated alkanes) is 2. The summed E-state index contributed by atoms with van der Waals surface area (Å²) in [5, 5.41) is 9.59. The number of nitrogens with two attached hydrogens (primary N) is 1. The van der Waals surface area contributed by atoms with E-state index in [1.807, 2.05) is 0 Å². The summed E-state index contributed by atoms with van der Waals surface area (Å²) < 4.78 is 16.1. The van der Waals surface area contributed by atoms with E-state index < -0.39 is 0 Å². The molecule has 1 atom stereocenters. The maximum absolute atomic E-state index is 13.0. The topological polar surface area (TPSA) is 111 Å². The number of amides is 1. The van der Waals surface area contributed by atoms with Crippen LogP contribution < -0.4 is 15.2 Å². The van der Waals surface area contributed by atoms with Gasteiger partial charge in [0.2, 0.25) is 0 Å². The number of methoxy groups -OCH3 is 1. The zero-order chi connectivity index (χ0) is 21.9. The second-order valence-corrected chi connectivity index (χ2v) is 7.39. The number of piperidine rings is 1. The van der Waals surface area contributed by atoms with Crippen molar-refractivity contribution in [3.05, 3.63) is 17.7 Å². The Hall–Kier alpha value is -2.48. The van der Waals surface area contributed by atoms with Crippen LogP contribution in [0.4, 0.5) is 5.69 Å². The van der Waals surface area contributed by atoms with Crippen LogP contribution in [0.2, 0.25) is 0 Å². The molecular formula is C22H34N2O6. The summed E-state index contributed by atoms with van der Waals surface area (Å²) in [4.78, 5) is 26.0. The van der Waals surface area contributed by atoms with Gasteiger partial charge in [-0.3, -0.25) is 9.59 Å². The highest BCUT2D eigenvalue weighted by molar-refractivity contribution is 6.00.